The number of terminal acetylenes is 1. The largest absolute Gasteiger partial charge is 0.115 e. The fraction of sp³-hybridized carbons (Fsp3) is 0.0417. The molecule has 0 nitrogen and oxygen atoms in total. The molecule has 0 amide bonds. The van der Waals surface area contributed by atoms with Crippen molar-refractivity contribution in [1.82, 2.24) is 0 Å². The second-order valence-electron chi connectivity index (χ2n) is 12.4. The van der Waals surface area contributed by atoms with E-state index in [1.54, 1.807) is 0 Å². The van der Waals surface area contributed by atoms with Gasteiger partial charge in [-0.15, -0.1) is 6.42 Å². The Morgan fingerprint density at radius 2 is 1.33 bits per heavy atom. The van der Waals surface area contributed by atoms with E-state index in [-0.39, 0.29) is 0 Å². The first-order chi connectivity index (χ1) is 23.6. The van der Waals surface area contributed by atoms with Crippen LogP contribution < -0.4 is 0 Å². The first kappa shape index (κ1) is 29.3. The molecule has 0 aliphatic heterocycles. The summed E-state index contributed by atoms with van der Waals surface area (Å²) in [6.45, 7) is 6.43. The summed E-state index contributed by atoms with van der Waals surface area (Å²) in [6, 6.07) is 48.4. The van der Waals surface area contributed by atoms with E-state index in [0.29, 0.717) is 0 Å². The molecule has 0 aliphatic carbocycles. The van der Waals surface area contributed by atoms with Crippen molar-refractivity contribution in [2.75, 3.05) is 0 Å². The standard InChI is InChI=1S/C48H34/c1-4-10-40-31-41(24-17-33(40)5-2)34-18-20-37(21-19-34)44-28-25-39-26-29-45-36(22-23-38-27-30-46(44)48(39)47(38)45)13-8-11-32(3)42-16-9-14-35-12-6-7-15-43(35)42/h2,4,6-12,14-31H,3,13H2,1H3/b10-4-,11-8-. The van der Waals surface area contributed by atoms with Gasteiger partial charge in [-0.2, -0.15) is 0 Å². The highest BCUT2D eigenvalue weighted by Crippen LogP contribution is 2.41. The lowest BCUT2D eigenvalue weighted by atomic mass is 9.87. The number of fused-ring (bicyclic) bond motifs is 1. The molecule has 0 bridgehead atoms. The SMILES string of the molecule is C#Cc1ccc(-c2ccc(-c3ccc4ccc5c(C/C=C\C(=C)c6cccc7ccccc67)ccc6ccc3c4c65)cc2)cc1/C=C\C. The number of hydrogen-bond donors (Lipinski definition) is 0. The molecule has 0 fully saturated rings. The van der Waals surface area contributed by atoms with Crippen molar-refractivity contribution in [1.29, 1.82) is 0 Å². The molecule has 48 heavy (non-hydrogen) atoms. The van der Waals surface area contributed by atoms with Gasteiger partial charge in [0.15, 0.2) is 0 Å². The monoisotopic (exact) mass is 610 g/mol. The minimum Gasteiger partial charge on any atom is -0.115 e. The average Bonchev–Trinajstić information content (AvgIpc) is 3.14. The van der Waals surface area contributed by atoms with Crippen LogP contribution in [0.5, 0.6) is 0 Å². The zero-order valence-electron chi connectivity index (χ0n) is 27.0. The molecular weight excluding hydrogens is 577 g/mol. The van der Waals surface area contributed by atoms with Crippen LogP contribution in [-0.4, -0.2) is 0 Å². The predicted molar refractivity (Wildman–Crippen MR) is 209 cm³/mol. The van der Waals surface area contributed by atoms with E-state index in [1.165, 1.54) is 70.9 Å². The van der Waals surface area contributed by atoms with Crippen molar-refractivity contribution < 1.29 is 0 Å². The van der Waals surface area contributed by atoms with E-state index in [1.807, 2.05) is 19.1 Å². The Hall–Kier alpha value is -6.16. The third kappa shape index (κ3) is 5.07. The average molecular weight is 611 g/mol. The Kier molecular flexibility index (Phi) is 7.45. The van der Waals surface area contributed by atoms with E-state index in [2.05, 4.69) is 158 Å². The van der Waals surface area contributed by atoms with Crippen molar-refractivity contribution in [3.05, 3.63) is 181 Å². The number of allylic oxidation sites excluding steroid dienone is 4. The van der Waals surface area contributed by atoms with Crippen LogP contribution in [0.25, 0.3) is 77.0 Å². The third-order valence-electron chi connectivity index (χ3n) is 9.63. The Morgan fingerprint density at radius 1 is 0.646 bits per heavy atom. The summed E-state index contributed by atoms with van der Waals surface area (Å²) in [7, 11) is 0. The molecule has 0 heterocycles. The second kappa shape index (κ2) is 12.2. The van der Waals surface area contributed by atoms with Crippen LogP contribution in [0, 0.1) is 12.3 Å². The molecule has 0 radical (unpaired) electrons. The van der Waals surface area contributed by atoms with Crippen LogP contribution in [0.15, 0.2) is 158 Å². The summed E-state index contributed by atoms with van der Waals surface area (Å²) in [4.78, 5) is 0. The molecule has 0 N–H and O–H groups in total. The van der Waals surface area contributed by atoms with Gasteiger partial charge in [0.1, 0.15) is 0 Å². The zero-order valence-corrected chi connectivity index (χ0v) is 27.0. The molecule has 8 rings (SSSR count). The maximum Gasteiger partial charge on any atom is 0.0315 e. The Bertz CT molecular complexity index is 2600. The van der Waals surface area contributed by atoms with Crippen molar-refractivity contribution in [3.63, 3.8) is 0 Å². The first-order valence-corrected chi connectivity index (χ1v) is 16.5. The van der Waals surface area contributed by atoms with Crippen LogP contribution in [0.2, 0.25) is 0 Å². The van der Waals surface area contributed by atoms with Crippen LogP contribution in [-0.2, 0) is 6.42 Å². The number of hydrogen-bond acceptors (Lipinski definition) is 0. The van der Waals surface area contributed by atoms with E-state index >= 15 is 0 Å². The van der Waals surface area contributed by atoms with Crippen LogP contribution >= 0.6 is 0 Å². The van der Waals surface area contributed by atoms with Gasteiger partial charge in [0.05, 0.1) is 0 Å². The van der Waals surface area contributed by atoms with Gasteiger partial charge < -0.3 is 0 Å². The molecule has 0 saturated carbocycles. The van der Waals surface area contributed by atoms with Gasteiger partial charge in [0.25, 0.3) is 0 Å². The molecule has 8 aromatic rings. The topological polar surface area (TPSA) is 0 Å². The normalized spacial score (nSPS) is 11.8. The molecule has 0 aromatic heterocycles. The molecule has 0 atom stereocenters. The highest BCUT2D eigenvalue weighted by Gasteiger charge is 2.14. The molecule has 0 unspecified atom stereocenters. The Balaban J connectivity index is 1.14. The highest BCUT2D eigenvalue weighted by atomic mass is 14.2. The van der Waals surface area contributed by atoms with Gasteiger partial charge in [-0.25, -0.2) is 0 Å². The summed E-state index contributed by atoms with van der Waals surface area (Å²) in [5.41, 5.74) is 10.3. The van der Waals surface area contributed by atoms with Crippen molar-refractivity contribution in [3.8, 4) is 34.6 Å². The van der Waals surface area contributed by atoms with Crippen molar-refractivity contribution >= 4 is 54.7 Å². The Morgan fingerprint density at radius 3 is 2.15 bits per heavy atom. The maximum atomic E-state index is 5.74. The summed E-state index contributed by atoms with van der Waals surface area (Å²) in [5.74, 6) is 2.80. The third-order valence-corrected chi connectivity index (χ3v) is 9.63. The predicted octanol–water partition coefficient (Wildman–Crippen LogP) is 12.9. The lowest BCUT2D eigenvalue weighted by Crippen LogP contribution is -1.91. The highest BCUT2D eigenvalue weighted by molar-refractivity contribution is 6.26. The van der Waals surface area contributed by atoms with Crippen LogP contribution in [0.1, 0.15) is 29.2 Å². The van der Waals surface area contributed by atoms with Crippen molar-refractivity contribution in [2.24, 2.45) is 0 Å². The van der Waals surface area contributed by atoms with Gasteiger partial charge in [-0.3, -0.25) is 0 Å². The van der Waals surface area contributed by atoms with Crippen molar-refractivity contribution in [2.45, 2.75) is 13.3 Å². The van der Waals surface area contributed by atoms with Gasteiger partial charge in [-0.1, -0.05) is 158 Å². The zero-order chi connectivity index (χ0) is 32.6. The molecule has 8 aromatic carbocycles. The number of rotatable bonds is 7. The lowest BCUT2D eigenvalue weighted by molar-refractivity contribution is 1.31. The van der Waals surface area contributed by atoms with Crippen LogP contribution in [0.3, 0.4) is 0 Å². The van der Waals surface area contributed by atoms with Gasteiger partial charge >= 0.3 is 0 Å². The minimum absolute atomic E-state index is 0.838. The summed E-state index contributed by atoms with van der Waals surface area (Å²) < 4.78 is 0. The molecule has 0 heteroatoms. The molecular formula is C48H34. The molecule has 0 spiro atoms. The van der Waals surface area contributed by atoms with Crippen LogP contribution in [0.4, 0.5) is 0 Å². The fourth-order valence-electron chi connectivity index (χ4n) is 7.25. The summed E-state index contributed by atoms with van der Waals surface area (Å²) in [6.07, 6.45) is 15.1. The second-order valence-corrected chi connectivity index (χ2v) is 12.4. The van der Waals surface area contributed by atoms with Gasteiger partial charge in [0.2, 0.25) is 0 Å². The summed E-state index contributed by atoms with van der Waals surface area (Å²) >= 11 is 0. The molecule has 0 saturated heterocycles. The van der Waals surface area contributed by atoms with E-state index < -0.39 is 0 Å². The molecule has 226 valence electrons. The smallest absolute Gasteiger partial charge is 0.0315 e. The minimum atomic E-state index is 0.838. The maximum absolute atomic E-state index is 5.74. The van der Waals surface area contributed by atoms with Gasteiger partial charge in [-0.05, 0) is 113 Å². The fourth-order valence-corrected chi connectivity index (χ4v) is 7.25. The first-order valence-electron chi connectivity index (χ1n) is 16.5. The summed E-state index contributed by atoms with van der Waals surface area (Å²) in [5, 5.41) is 10.3. The van der Waals surface area contributed by atoms with E-state index in [4.69, 9.17) is 6.42 Å². The Labute approximate surface area is 282 Å². The van der Waals surface area contributed by atoms with E-state index in [9.17, 15) is 0 Å². The lowest BCUT2D eigenvalue weighted by Gasteiger charge is -2.16. The van der Waals surface area contributed by atoms with E-state index in [0.717, 1.165) is 28.7 Å². The van der Waals surface area contributed by atoms with Gasteiger partial charge in [0, 0.05) is 5.56 Å². The number of benzene rings is 8. The molecule has 0 aliphatic rings. The quantitative estimate of drug-likeness (QED) is 0.0957.